The smallest absolute Gasteiger partial charge is 0.000649 e. The molecule has 0 amide bonds. The van der Waals surface area contributed by atoms with E-state index in [0.29, 0.717) is 0 Å². The van der Waals surface area contributed by atoms with Crippen LogP contribution in [-0.2, 0) is 0 Å². The van der Waals surface area contributed by atoms with Crippen molar-refractivity contribution in [1.29, 1.82) is 0 Å². The standard InChI is InChI=1S/C13H29N/c1-5-8-9-11-13(10-6-2)12-14(4)7-3/h13H,5-12H2,1-4H3/t13-/m1/s1. The van der Waals surface area contributed by atoms with Crippen LogP contribution in [0.2, 0.25) is 0 Å². The predicted octanol–water partition coefficient (Wildman–Crippen LogP) is 3.93. The van der Waals surface area contributed by atoms with Gasteiger partial charge in [0.1, 0.15) is 0 Å². The summed E-state index contributed by atoms with van der Waals surface area (Å²) in [7, 11) is 2.24. The van der Waals surface area contributed by atoms with Gasteiger partial charge in [-0.25, -0.2) is 0 Å². The molecule has 0 aliphatic carbocycles. The Kier molecular flexibility index (Phi) is 9.49. The van der Waals surface area contributed by atoms with Gasteiger partial charge in [-0.15, -0.1) is 0 Å². The fourth-order valence-corrected chi connectivity index (χ4v) is 1.99. The molecule has 1 nitrogen and oxygen atoms in total. The molecule has 0 radical (unpaired) electrons. The summed E-state index contributed by atoms with van der Waals surface area (Å²) >= 11 is 0. The molecule has 14 heavy (non-hydrogen) atoms. The zero-order chi connectivity index (χ0) is 10.8. The van der Waals surface area contributed by atoms with E-state index in [-0.39, 0.29) is 0 Å². The Hall–Kier alpha value is -0.0400. The largest absolute Gasteiger partial charge is 0.306 e. The van der Waals surface area contributed by atoms with Crippen LogP contribution in [0.3, 0.4) is 0 Å². The highest BCUT2D eigenvalue weighted by Crippen LogP contribution is 2.16. The third-order valence-electron chi connectivity index (χ3n) is 3.02. The van der Waals surface area contributed by atoms with Crippen molar-refractivity contribution in [2.45, 2.75) is 59.3 Å². The Morgan fingerprint density at radius 3 is 2.14 bits per heavy atom. The van der Waals surface area contributed by atoms with Crippen molar-refractivity contribution in [3.05, 3.63) is 0 Å². The Morgan fingerprint density at radius 2 is 1.64 bits per heavy atom. The molecule has 1 heteroatoms. The van der Waals surface area contributed by atoms with Crippen LogP contribution in [-0.4, -0.2) is 25.0 Å². The topological polar surface area (TPSA) is 3.24 Å². The summed E-state index contributed by atoms with van der Waals surface area (Å²) in [4.78, 5) is 2.45. The Bertz CT molecular complexity index is 112. The Morgan fingerprint density at radius 1 is 0.929 bits per heavy atom. The number of unbranched alkanes of at least 4 members (excludes halogenated alkanes) is 2. The van der Waals surface area contributed by atoms with Gasteiger partial charge in [0.2, 0.25) is 0 Å². The normalized spacial score (nSPS) is 13.5. The molecule has 0 bridgehead atoms. The first-order valence-corrected chi connectivity index (χ1v) is 6.43. The van der Waals surface area contributed by atoms with Crippen molar-refractivity contribution in [3.8, 4) is 0 Å². The monoisotopic (exact) mass is 199 g/mol. The lowest BCUT2D eigenvalue weighted by atomic mass is 9.96. The van der Waals surface area contributed by atoms with Gasteiger partial charge in [-0.3, -0.25) is 0 Å². The fourth-order valence-electron chi connectivity index (χ4n) is 1.99. The molecule has 0 aromatic carbocycles. The highest BCUT2D eigenvalue weighted by molar-refractivity contribution is 4.63. The second kappa shape index (κ2) is 9.51. The summed E-state index contributed by atoms with van der Waals surface area (Å²) in [5.41, 5.74) is 0. The van der Waals surface area contributed by atoms with Crippen molar-refractivity contribution < 1.29 is 0 Å². The van der Waals surface area contributed by atoms with Gasteiger partial charge in [0.15, 0.2) is 0 Å². The fraction of sp³-hybridized carbons (Fsp3) is 1.00. The molecule has 0 aromatic rings. The number of rotatable bonds is 9. The molecule has 0 spiro atoms. The summed E-state index contributed by atoms with van der Waals surface area (Å²) in [6.45, 7) is 9.32. The van der Waals surface area contributed by atoms with Crippen LogP contribution in [0.25, 0.3) is 0 Å². The lowest BCUT2D eigenvalue weighted by molar-refractivity contribution is 0.263. The molecule has 0 saturated carbocycles. The van der Waals surface area contributed by atoms with E-state index in [1.807, 2.05) is 0 Å². The van der Waals surface area contributed by atoms with Gasteiger partial charge >= 0.3 is 0 Å². The van der Waals surface area contributed by atoms with Crippen molar-refractivity contribution in [1.82, 2.24) is 4.90 Å². The first-order valence-electron chi connectivity index (χ1n) is 6.43. The first kappa shape index (κ1) is 14.0. The summed E-state index contributed by atoms with van der Waals surface area (Å²) in [5, 5.41) is 0. The third kappa shape index (κ3) is 7.37. The molecule has 0 aliphatic rings. The molecule has 0 heterocycles. The van der Waals surface area contributed by atoms with E-state index < -0.39 is 0 Å². The van der Waals surface area contributed by atoms with E-state index in [1.54, 1.807) is 0 Å². The number of nitrogens with zero attached hydrogens (tertiary/aromatic N) is 1. The number of hydrogen-bond acceptors (Lipinski definition) is 1. The summed E-state index contributed by atoms with van der Waals surface area (Å²) < 4.78 is 0. The van der Waals surface area contributed by atoms with Gasteiger partial charge in [-0.1, -0.05) is 46.5 Å². The molecule has 0 aromatic heterocycles. The molecular weight excluding hydrogens is 170 g/mol. The quantitative estimate of drug-likeness (QED) is 0.508. The molecule has 1 atom stereocenters. The van der Waals surface area contributed by atoms with Gasteiger partial charge in [0.05, 0.1) is 0 Å². The molecule has 0 fully saturated rings. The van der Waals surface area contributed by atoms with Gasteiger partial charge in [0, 0.05) is 6.54 Å². The summed E-state index contributed by atoms with van der Waals surface area (Å²) in [6.07, 6.45) is 8.38. The van der Waals surface area contributed by atoms with Crippen molar-refractivity contribution >= 4 is 0 Å². The first-order chi connectivity index (χ1) is 6.74. The number of hydrogen-bond donors (Lipinski definition) is 0. The molecule has 86 valence electrons. The van der Waals surface area contributed by atoms with E-state index in [9.17, 15) is 0 Å². The summed E-state index contributed by atoms with van der Waals surface area (Å²) in [6, 6.07) is 0. The minimum absolute atomic E-state index is 0.941. The van der Waals surface area contributed by atoms with Crippen LogP contribution in [0.4, 0.5) is 0 Å². The molecule has 0 unspecified atom stereocenters. The maximum atomic E-state index is 2.45. The van der Waals surface area contributed by atoms with Gasteiger partial charge in [-0.2, -0.15) is 0 Å². The maximum Gasteiger partial charge on any atom is 0.000649 e. The van der Waals surface area contributed by atoms with E-state index >= 15 is 0 Å². The van der Waals surface area contributed by atoms with E-state index in [2.05, 4.69) is 32.7 Å². The highest BCUT2D eigenvalue weighted by Gasteiger charge is 2.09. The second-order valence-electron chi connectivity index (χ2n) is 4.51. The molecule has 0 saturated heterocycles. The van der Waals surface area contributed by atoms with Crippen LogP contribution in [0, 0.1) is 5.92 Å². The minimum atomic E-state index is 0.941. The van der Waals surface area contributed by atoms with Crippen LogP contribution in [0.5, 0.6) is 0 Å². The maximum absolute atomic E-state index is 2.45. The van der Waals surface area contributed by atoms with Crippen LogP contribution in [0.15, 0.2) is 0 Å². The lowest BCUT2D eigenvalue weighted by Crippen LogP contribution is -2.25. The highest BCUT2D eigenvalue weighted by atomic mass is 15.1. The van der Waals surface area contributed by atoms with Crippen molar-refractivity contribution in [3.63, 3.8) is 0 Å². The van der Waals surface area contributed by atoms with Gasteiger partial charge < -0.3 is 4.90 Å². The Labute approximate surface area is 90.9 Å². The van der Waals surface area contributed by atoms with Crippen molar-refractivity contribution in [2.24, 2.45) is 5.92 Å². The lowest BCUT2D eigenvalue weighted by Gasteiger charge is -2.22. The van der Waals surface area contributed by atoms with Crippen LogP contribution in [0.1, 0.15) is 59.3 Å². The third-order valence-corrected chi connectivity index (χ3v) is 3.02. The molecular formula is C13H29N. The summed E-state index contributed by atoms with van der Waals surface area (Å²) in [5.74, 6) is 0.941. The minimum Gasteiger partial charge on any atom is -0.306 e. The van der Waals surface area contributed by atoms with Gasteiger partial charge in [0.25, 0.3) is 0 Å². The zero-order valence-electron chi connectivity index (χ0n) is 10.7. The van der Waals surface area contributed by atoms with E-state index in [0.717, 1.165) is 5.92 Å². The average molecular weight is 199 g/mol. The molecule has 0 rings (SSSR count). The van der Waals surface area contributed by atoms with Crippen LogP contribution < -0.4 is 0 Å². The zero-order valence-corrected chi connectivity index (χ0v) is 10.7. The van der Waals surface area contributed by atoms with E-state index in [4.69, 9.17) is 0 Å². The van der Waals surface area contributed by atoms with Crippen LogP contribution >= 0.6 is 0 Å². The predicted molar refractivity (Wildman–Crippen MR) is 65.7 cm³/mol. The van der Waals surface area contributed by atoms with Gasteiger partial charge in [-0.05, 0) is 32.4 Å². The average Bonchev–Trinajstić information content (AvgIpc) is 2.18. The Balaban J connectivity index is 3.65. The van der Waals surface area contributed by atoms with E-state index in [1.165, 1.54) is 51.6 Å². The SMILES string of the molecule is CCCCC[C@@H](CCC)CN(C)CC. The van der Waals surface area contributed by atoms with Crippen molar-refractivity contribution in [2.75, 3.05) is 20.1 Å². The molecule has 0 aliphatic heterocycles. The molecule has 0 N–H and O–H groups in total. The second-order valence-corrected chi connectivity index (χ2v) is 4.51.